The molecule has 3 rings (SSSR count). The molecule has 0 heterocycles. The van der Waals surface area contributed by atoms with E-state index in [0.29, 0.717) is 23.5 Å². The molecule has 0 radical (unpaired) electrons. The van der Waals surface area contributed by atoms with Crippen LogP contribution < -0.4 is 9.47 Å². The van der Waals surface area contributed by atoms with E-state index in [1.54, 1.807) is 26.4 Å². The zero-order valence-corrected chi connectivity index (χ0v) is 13.3. The molecule has 0 aliphatic heterocycles. The Bertz CT molecular complexity index is 686. The topological polar surface area (TPSA) is 55.8 Å². The average molecular weight is 312 g/mol. The third kappa shape index (κ3) is 2.70. The number of methoxy groups -OCH3 is 2. The van der Waals surface area contributed by atoms with Crippen molar-refractivity contribution in [3.8, 4) is 11.5 Å². The number of benzene rings is 2. The van der Waals surface area contributed by atoms with E-state index < -0.39 is 5.60 Å². The van der Waals surface area contributed by atoms with Gasteiger partial charge in [0.25, 0.3) is 0 Å². The Labute approximate surface area is 135 Å². The van der Waals surface area contributed by atoms with Gasteiger partial charge in [-0.3, -0.25) is 4.79 Å². The van der Waals surface area contributed by atoms with E-state index in [9.17, 15) is 9.90 Å². The Morgan fingerprint density at radius 3 is 2.13 bits per heavy atom. The van der Waals surface area contributed by atoms with Crippen LogP contribution in [0.25, 0.3) is 0 Å². The number of aliphatic hydroxyl groups is 1. The Morgan fingerprint density at radius 2 is 1.70 bits per heavy atom. The van der Waals surface area contributed by atoms with Gasteiger partial charge in [0.05, 0.1) is 19.8 Å². The minimum Gasteiger partial charge on any atom is -0.497 e. The molecule has 23 heavy (non-hydrogen) atoms. The van der Waals surface area contributed by atoms with Crippen LogP contribution >= 0.6 is 0 Å². The molecule has 0 aromatic heterocycles. The number of carbonyl (C=O) groups excluding carboxylic acids is 1. The van der Waals surface area contributed by atoms with Crippen LogP contribution in [0.3, 0.4) is 0 Å². The zero-order chi connectivity index (χ0) is 16.4. The summed E-state index contributed by atoms with van der Waals surface area (Å²) in [6, 6.07) is 12.8. The molecule has 2 atom stereocenters. The van der Waals surface area contributed by atoms with Crippen molar-refractivity contribution in [1.29, 1.82) is 0 Å². The van der Waals surface area contributed by atoms with Gasteiger partial charge < -0.3 is 14.6 Å². The van der Waals surface area contributed by atoms with Crippen LogP contribution in [0.15, 0.2) is 42.5 Å². The van der Waals surface area contributed by atoms with E-state index in [4.69, 9.17) is 9.47 Å². The minimum atomic E-state index is -0.918. The first-order valence-electron chi connectivity index (χ1n) is 7.62. The number of hydrogen-bond donors (Lipinski definition) is 1. The molecule has 0 bridgehead atoms. The maximum Gasteiger partial charge on any atom is 0.150 e. The summed E-state index contributed by atoms with van der Waals surface area (Å²) < 4.78 is 10.6. The first-order valence-corrected chi connectivity index (χ1v) is 7.62. The SMILES string of the molecule is COc1cc(OC)cc([C@H]2CC[C@]2(O)c2ccc(C=O)cc2)c1. The Morgan fingerprint density at radius 1 is 1.09 bits per heavy atom. The highest BCUT2D eigenvalue weighted by Crippen LogP contribution is 2.53. The van der Waals surface area contributed by atoms with Gasteiger partial charge in [-0.15, -0.1) is 0 Å². The van der Waals surface area contributed by atoms with Gasteiger partial charge in [0.15, 0.2) is 0 Å². The van der Waals surface area contributed by atoms with Crippen LogP contribution in [0, 0.1) is 0 Å². The molecule has 120 valence electrons. The van der Waals surface area contributed by atoms with Gasteiger partial charge in [-0.1, -0.05) is 24.3 Å². The molecule has 1 N–H and O–H groups in total. The fourth-order valence-electron chi connectivity index (χ4n) is 3.23. The van der Waals surface area contributed by atoms with E-state index in [1.165, 1.54) is 0 Å². The van der Waals surface area contributed by atoms with E-state index in [0.717, 1.165) is 23.8 Å². The van der Waals surface area contributed by atoms with E-state index in [-0.39, 0.29) is 5.92 Å². The van der Waals surface area contributed by atoms with Crippen molar-refractivity contribution in [3.05, 3.63) is 59.2 Å². The van der Waals surface area contributed by atoms with Crippen molar-refractivity contribution in [1.82, 2.24) is 0 Å². The van der Waals surface area contributed by atoms with Gasteiger partial charge in [-0.25, -0.2) is 0 Å². The molecule has 1 aliphatic rings. The summed E-state index contributed by atoms with van der Waals surface area (Å²) in [7, 11) is 3.23. The fourth-order valence-corrected chi connectivity index (χ4v) is 3.23. The van der Waals surface area contributed by atoms with Crippen LogP contribution in [-0.4, -0.2) is 25.6 Å². The van der Waals surface area contributed by atoms with Crippen LogP contribution in [0.4, 0.5) is 0 Å². The van der Waals surface area contributed by atoms with Crippen molar-refractivity contribution in [3.63, 3.8) is 0 Å². The lowest BCUT2D eigenvalue weighted by molar-refractivity contribution is -0.0645. The van der Waals surface area contributed by atoms with Crippen LogP contribution in [0.2, 0.25) is 0 Å². The monoisotopic (exact) mass is 312 g/mol. The fraction of sp³-hybridized carbons (Fsp3) is 0.316. The molecule has 0 unspecified atom stereocenters. The summed E-state index contributed by atoms with van der Waals surface area (Å²) >= 11 is 0. The molecule has 1 fully saturated rings. The smallest absolute Gasteiger partial charge is 0.150 e. The van der Waals surface area contributed by atoms with Crippen molar-refractivity contribution in [2.24, 2.45) is 0 Å². The second-order valence-corrected chi connectivity index (χ2v) is 5.90. The van der Waals surface area contributed by atoms with Crippen molar-refractivity contribution < 1.29 is 19.4 Å². The van der Waals surface area contributed by atoms with Gasteiger partial charge in [0.2, 0.25) is 0 Å². The summed E-state index contributed by atoms with van der Waals surface area (Å²) in [5.74, 6) is 1.41. The van der Waals surface area contributed by atoms with Crippen LogP contribution in [0.1, 0.15) is 40.2 Å². The van der Waals surface area contributed by atoms with Gasteiger partial charge >= 0.3 is 0 Å². The lowest BCUT2D eigenvalue weighted by Gasteiger charge is -2.46. The van der Waals surface area contributed by atoms with Gasteiger partial charge in [0, 0.05) is 17.5 Å². The maximum atomic E-state index is 11.1. The largest absolute Gasteiger partial charge is 0.497 e. The third-order valence-electron chi connectivity index (χ3n) is 4.71. The Kier molecular flexibility index (Phi) is 4.09. The standard InChI is InChI=1S/C19H20O4/c1-22-16-9-14(10-17(11-16)23-2)18-7-8-19(18,21)15-5-3-13(12-20)4-6-15/h3-6,9-12,18,21H,7-8H2,1-2H3/t18-,19+/m1/s1. The van der Waals surface area contributed by atoms with Crippen molar-refractivity contribution >= 4 is 6.29 Å². The second kappa shape index (κ2) is 6.05. The summed E-state index contributed by atoms with van der Waals surface area (Å²) in [6.07, 6.45) is 2.39. The highest BCUT2D eigenvalue weighted by molar-refractivity contribution is 5.74. The molecule has 1 aliphatic carbocycles. The number of carbonyl (C=O) groups is 1. The number of rotatable bonds is 5. The molecule has 4 heteroatoms. The highest BCUT2D eigenvalue weighted by Gasteiger charge is 2.47. The minimum absolute atomic E-state index is 0.0198. The van der Waals surface area contributed by atoms with Gasteiger partial charge in [-0.05, 0) is 36.1 Å². The highest BCUT2D eigenvalue weighted by atomic mass is 16.5. The average Bonchev–Trinajstić information content (AvgIpc) is 2.59. The molecule has 1 saturated carbocycles. The first kappa shape index (κ1) is 15.6. The van der Waals surface area contributed by atoms with E-state index in [1.807, 2.05) is 30.3 Å². The molecule has 0 amide bonds. The lowest BCUT2D eigenvalue weighted by atomic mass is 9.63. The molecule has 0 saturated heterocycles. The number of ether oxygens (including phenoxy) is 2. The van der Waals surface area contributed by atoms with E-state index in [2.05, 4.69) is 0 Å². The first-order chi connectivity index (χ1) is 11.1. The second-order valence-electron chi connectivity index (χ2n) is 5.90. The van der Waals surface area contributed by atoms with Crippen LogP contribution in [0.5, 0.6) is 11.5 Å². The Balaban J connectivity index is 1.95. The lowest BCUT2D eigenvalue weighted by Crippen LogP contribution is -2.42. The normalized spacial score (nSPS) is 23.0. The van der Waals surface area contributed by atoms with Gasteiger partial charge in [-0.2, -0.15) is 0 Å². The summed E-state index contributed by atoms with van der Waals surface area (Å²) in [4.78, 5) is 10.8. The quantitative estimate of drug-likeness (QED) is 0.861. The summed E-state index contributed by atoms with van der Waals surface area (Å²) in [6.45, 7) is 0. The Hall–Kier alpha value is -2.33. The molecule has 2 aromatic carbocycles. The third-order valence-corrected chi connectivity index (χ3v) is 4.71. The molecular formula is C19H20O4. The maximum absolute atomic E-state index is 11.1. The zero-order valence-electron chi connectivity index (χ0n) is 13.3. The van der Waals surface area contributed by atoms with Gasteiger partial charge in [0.1, 0.15) is 17.8 Å². The molecular weight excluding hydrogens is 292 g/mol. The van der Waals surface area contributed by atoms with Crippen molar-refractivity contribution in [2.75, 3.05) is 14.2 Å². The predicted octanol–water partition coefficient (Wildman–Crippen LogP) is 3.28. The number of aldehydes is 1. The summed E-state index contributed by atoms with van der Waals surface area (Å²) in [5.41, 5.74) is 1.52. The van der Waals surface area contributed by atoms with Crippen LogP contribution in [-0.2, 0) is 5.60 Å². The van der Waals surface area contributed by atoms with Crippen molar-refractivity contribution in [2.45, 2.75) is 24.4 Å². The molecule has 0 spiro atoms. The number of hydrogen-bond acceptors (Lipinski definition) is 4. The van der Waals surface area contributed by atoms with E-state index >= 15 is 0 Å². The summed E-state index contributed by atoms with van der Waals surface area (Å²) in [5, 5.41) is 11.1. The molecule has 4 nitrogen and oxygen atoms in total. The predicted molar refractivity (Wildman–Crippen MR) is 87.2 cm³/mol. The molecule has 2 aromatic rings.